The van der Waals surface area contributed by atoms with E-state index in [1.54, 1.807) is 4.90 Å². The van der Waals surface area contributed by atoms with E-state index in [-0.39, 0.29) is 24.8 Å². The first-order valence-electron chi connectivity index (χ1n) is 8.99. The van der Waals surface area contributed by atoms with Crippen LogP contribution >= 0.6 is 0 Å². The van der Waals surface area contributed by atoms with E-state index in [4.69, 9.17) is 4.74 Å². The number of ether oxygens (including phenoxy) is 1. The standard InChI is InChI=1S/C19H23FN2O3/c20-15-12-16(17(23)21-8-10-25-11-9-21)22(13-15)18(24)19(6-7-19)14-4-2-1-3-5-14/h1-5,15-16H,6-13H2/t15-,16-/m0/s1. The number of nitrogens with zero attached hydrogens (tertiary/aromatic N) is 2. The lowest BCUT2D eigenvalue weighted by Gasteiger charge is -2.33. The fourth-order valence-corrected chi connectivity index (χ4v) is 4.02. The molecule has 0 radical (unpaired) electrons. The summed E-state index contributed by atoms with van der Waals surface area (Å²) >= 11 is 0. The normalized spacial score (nSPS) is 28.0. The monoisotopic (exact) mass is 346 g/mol. The first-order valence-corrected chi connectivity index (χ1v) is 8.99. The van der Waals surface area contributed by atoms with Gasteiger partial charge < -0.3 is 14.5 Å². The van der Waals surface area contributed by atoms with Gasteiger partial charge in [0.05, 0.1) is 25.2 Å². The molecule has 3 fully saturated rings. The molecule has 3 aliphatic rings. The molecule has 0 N–H and O–H groups in total. The number of hydrogen-bond acceptors (Lipinski definition) is 3. The molecular weight excluding hydrogens is 323 g/mol. The topological polar surface area (TPSA) is 49.9 Å². The van der Waals surface area contributed by atoms with E-state index < -0.39 is 17.6 Å². The zero-order valence-corrected chi connectivity index (χ0v) is 14.2. The molecule has 134 valence electrons. The second kappa shape index (κ2) is 6.41. The van der Waals surface area contributed by atoms with Gasteiger partial charge in [0, 0.05) is 19.5 Å². The van der Waals surface area contributed by atoms with Gasteiger partial charge in [-0.1, -0.05) is 30.3 Å². The number of alkyl halides is 1. The van der Waals surface area contributed by atoms with E-state index in [2.05, 4.69) is 0 Å². The molecule has 0 spiro atoms. The van der Waals surface area contributed by atoms with E-state index in [0.717, 1.165) is 18.4 Å². The predicted molar refractivity (Wildman–Crippen MR) is 89.8 cm³/mol. The Bertz CT molecular complexity index is 656. The Morgan fingerprint density at radius 3 is 2.44 bits per heavy atom. The first-order chi connectivity index (χ1) is 12.1. The van der Waals surface area contributed by atoms with Crippen LogP contribution in [0.15, 0.2) is 30.3 Å². The minimum absolute atomic E-state index is 0.0220. The first kappa shape index (κ1) is 16.5. The van der Waals surface area contributed by atoms with Gasteiger partial charge in [0.15, 0.2) is 0 Å². The number of hydrogen-bond donors (Lipinski definition) is 0. The molecule has 2 saturated heterocycles. The van der Waals surface area contributed by atoms with Crippen LogP contribution in [0.4, 0.5) is 4.39 Å². The number of likely N-dealkylation sites (tertiary alicyclic amines) is 1. The molecule has 0 aromatic heterocycles. The molecule has 4 rings (SSSR count). The lowest BCUT2D eigenvalue weighted by atomic mass is 9.94. The van der Waals surface area contributed by atoms with Crippen molar-refractivity contribution in [2.45, 2.75) is 36.9 Å². The van der Waals surface area contributed by atoms with Crippen molar-refractivity contribution in [2.24, 2.45) is 0 Å². The molecule has 0 bridgehead atoms. The Labute approximate surface area is 146 Å². The number of halogens is 1. The zero-order valence-electron chi connectivity index (χ0n) is 14.2. The number of morpholine rings is 1. The SMILES string of the molecule is O=C([C@@H]1C[C@H](F)CN1C(=O)C1(c2ccccc2)CC1)N1CCOCC1. The van der Waals surface area contributed by atoms with Crippen molar-refractivity contribution in [1.82, 2.24) is 9.80 Å². The summed E-state index contributed by atoms with van der Waals surface area (Å²) in [6.07, 6.45) is 0.501. The van der Waals surface area contributed by atoms with Crippen molar-refractivity contribution in [3.8, 4) is 0 Å². The van der Waals surface area contributed by atoms with E-state index in [1.807, 2.05) is 30.3 Å². The van der Waals surface area contributed by atoms with Crippen LogP contribution in [0.3, 0.4) is 0 Å². The van der Waals surface area contributed by atoms with Crippen molar-refractivity contribution in [1.29, 1.82) is 0 Å². The van der Waals surface area contributed by atoms with Crippen molar-refractivity contribution in [2.75, 3.05) is 32.8 Å². The fraction of sp³-hybridized carbons (Fsp3) is 0.579. The Morgan fingerprint density at radius 1 is 1.12 bits per heavy atom. The van der Waals surface area contributed by atoms with Crippen molar-refractivity contribution < 1.29 is 18.7 Å². The van der Waals surface area contributed by atoms with Crippen LogP contribution in [0.5, 0.6) is 0 Å². The zero-order chi connectivity index (χ0) is 17.4. The maximum Gasteiger partial charge on any atom is 0.245 e. The molecule has 1 saturated carbocycles. The molecule has 2 aliphatic heterocycles. The lowest BCUT2D eigenvalue weighted by molar-refractivity contribution is -0.147. The van der Waals surface area contributed by atoms with Crippen molar-refractivity contribution in [3.63, 3.8) is 0 Å². The molecule has 6 heteroatoms. The number of amides is 2. The third kappa shape index (κ3) is 2.92. The van der Waals surface area contributed by atoms with Crippen molar-refractivity contribution in [3.05, 3.63) is 35.9 Å². The van der Waals surface area contributed by atoms with E-state index in [1.165, 1.54) is 4.90 Å². The average molecular weight is 346 g/mol. The molecule has 2 atom stereocenters. The molecule has 2 heterocycles. The highest BCUT2D eigenvalue weighted by molar-refractivity contribution is 5.95. The highest BCUT2D eigenvalue weighted by atomic mass is 19.1. The second-order valence-corrected chi connectivity index (χ2v) is 7.19. The van der Waals surface area contributed by atoms with Gasteiger partial charge in [-0.3, -0.25) is 9.59 Å². The van der Waals surface area contributed by atoms with Crippen LogP contribution in [0, 0.1) is 0 Å². The minimum Gasteiger partial charge on any atom is -0.378 e. The Kier molecular flexibility index (Phi) is 4.23. The highest BCUT2D eigenvalue weighted by Gasteiger charge is 2.56. The summed E-state index contributed by atoms with van der Waals surface area (Å²) in [5, 5.41) is 0. The van der Waals surface area contributed by atoms with Gasteiger partial charge in [-0.25, -0.2) is 4.39 Å². The molecular formula is C19H23FN2O3. The summed E-state index contributed by atoms with van der Waals surface area (Å²) in [6.45, 7) is 2.04. The molecule has 5 nitrogen and oxygen atoms in total. The average Bonchev–Trinajstić information content (AvgIpc) is 3.38. The quantitative estimate of drug-likeness (QED) is 0.834. The maximum absolute atomic E-state index is 14.1. The minimum atomic E-state index is -1.13. The van der Waals surface area contributed by atoms with Gasteiger partial charge in [-0.15, -0.1) is 0 Å². The van der Waals surface area contributed by atoms with Crippen LogP contribution in [-0.4, -0.2) is 66.7 Å². The molecule has 0 unspecified atom stereocenters. The van der Waals surface area contributed by atoms with Crippen LogP contribution in [-0.2, 0) is 19.7 Å². The van der Waals surface area contributed by atoms with E-state index in [9.17, 15) is 14.0 Å². The molecule has 2 amide bonds. The van der Waals surface area contributed by atoms with Crippen LogP contribution in [0.1, 0.15) is 24.8 Å². The third-order valence-corrected chi connectivity index (χ3v) is 5.60. The van der Waals surface area contributed by atoms with Crippen LogP contribution < -0.4 is 0 Å². The summed E-state index contributed by atoms with van der Waals surface area (Å²) in [5.74, 6) is -0.230. The molecule has 25 heavy (non-hydrogen) atoms. The molecule has 1 aromatic rings. The maximum atomic E-state index is 14.1. The number of benzene rings is 1. The van der Waals surface area contributed by atoms with Gasteiger partial charge in [0.1, 0.15) is 12.2 Å². The largest absolute Gasteiger partial charge is 0.378 e. The lowest BCUT2D eigenvalue weighted by Crippen LogP contribution is -2.52. The number of carbonyl (C=O) groups is 2. The van der Waals surface area contributed by atoms with Gasteiger partial charge in [0.2, 0.25) is 11.8 Å². The molecule has 1 aliphatic carbocycles. The Hall–Kier alpha value is -1.95. The van der Waals surface area contributed by atoms with Gasteiger partial charge in [-0.2, -0.15) is 0 Å². The number of rotatable bonds is 3. The van der Waals surface area contributed by atoms with E-state index >= 15 is 0 Å². The number of carbonyl (C=O) groups excluding carboxylic acids is 2. The van der Waals surface area contributed by atoms with Crippen LogP contribution in [0.25, 0.3) is 0 Å². The Balaban J connectivity index is 1.55. The van der Waals surface area contributed by atoms with Gasteiger partial charge in [-0.05, 0) is 18.4 Å². The van der Waals surface area contributed by atoms with Crippen molar-refractivity contribution >= 4 is 11.8 Å². The van der Waals surface area contributed by atoms with Crippen LogP contribution in [0.2, 0.25) is 0 Å². The predicted octanol–water partition coefficient (Wildman–Crippen LogP) is 1.52. The summed E-state index contributed by atoms with van der Waals surface area (Å²) < 4.78 is 19.4. The fourth-order valence-electron chi connectivity index (χ4n) is 4.02. The summed E-state index contributed by atoms with van der Waals surface area (Å²) in [7, 11) is 0. The molecule has 1 aromatic carbocycles. The van der Waals surface area contributed by atoms with Gasteiger partial charge in [0.25, 0.3) is 0 Å². The highest BCUT2D eigenvalue weighted by Crippen LogP contribution is 2.50. The smallest absolute Gasteiger partial charge is 0.245 e. The summed E-state index contributed by atoms with van der Waals surface area (Å²) in [5.41, 5.74) is 0.411. The summed E-state index contributed by atoms with van der Waals surface area (Å²) in [6, 6.07) is 8.98. The van der Waals surface area contributed by atoms with E-state index in [0.29, 0.717) is 26.3 Å². The van der Waals surface area contributed by atoms with Gasteiger partial charge >= 0.3 is 0 Å². The third-order valence-electron chi connectivity index (χ3n) is 5.60. The Morgan fingerprint density at radius 2 is 1.80 bits per heavy atom. The summed E-state index contributed by atoms with van der Waals surface area (Å²) in [4.78, 5) is 29.3. The second-order valence-electron chi connectivity index (χ2n) is 7.19.